The fourth-order valence-electron chi connectivity index (χ4n) is 3.51. The molecule has 1 amide bonds. The lowest BCUT2D eigenvalue weighted by Gasteiger charge is -2.35. The lowest BCUT2D eigenvalue weighted by atomic mass is 10.2. The second-order valence-electron chi connectivity index (χ2n) is 7.33. The number of aromatic nitrogens is 2. The molecule has 0 unspecified atom stereocenters. The van der Waals surface area contributed by atoms with Gasteiger partial charge in [-0.15, -0.1) is 0 Å². The maximum absolute atomic E-state index is 12.8. The molecule has 1 aliphatic rings. The molecule has 1 fully saturated rings. The monoisotopic (exact) mass is 491 g/mol. The first-order chi connectivity index (χ1) is 15.4. The van der Waals surface area contributed by atoms with E-state index in [1.54, 1.807) is 42.6 Å². The first-order valence-corrected chi connectivity index (χ1v) is 11.1. The molecule has 0 saturated carbocycles. The Balaban J connectivity index is 1.38. The van der Waals surface area contributed by atoms with Crippen molar-refractivity contribution in [3.05, 3.63) is 80.1 Å². The Morgan fingerprint density at radius 3 is 2.34 bits per heavy atom. The Morgan fingerprint density at radius 2 is 1.66 bits per heavy atom. The molecule has 0 radical (unpaired) electrons. The molecule has 1 N–H and O–H groups in total. The molecule has 4 rings (SSSR count). The van der Waals surface area contributed by atoms with Crippen LogP contribution < -0.4 is 15.8 Å². The normalized spacial score (nSPS) is 14.4. The molecular formula is C22H20Cl3N5O2. The number of benzene rings is 2. The number of rotatable bonds is 5. The highest BCUT2D eigenvalue weighted by molar-refractivity contribution is 6.33. The van der Waals surface area contributed by atoms with Gasteiger partial charge in [0, 0.05) is 31.2 Å². The van der Waals surface area contributed by atoms with Crippen molar-refractivity contribution in [2.24, 2.45) is 0 Å². The third-order valence-electron chi connectivity index (χ3n) is 5.20. The maximum atomic E-state index is 12.8. The van der Waals surface area contributed by atoms with E-state index < -0.39 is 5.56 Å². The van der Waals surface area contributed by atoms with Crippen molar-refractivity contribution >= 4 is 52.1 Å². The van der Waals surface area contributed by atoms with Gasteiger partial charge in [0.05, 0.1) is 34.8 Å². The zero-order chi connectivity index (χ0) is 22.7. The Bertz CT molecular complexity index is 1170. The van der Waals surface area contributed by atoms with Crippen molar-refractivity contribution in [2.75, 3.05) is 42.9 Å². The number of nitrogens with one attached hydrogen (secondary N) is 1. The minimum absolute atomic E-state index is 0.111. The fraction of sp³-hybridized carbons (Fsp3) is 0.227. The van der Waals surface area contributed by atoms with Crippen LogP contribution in [0.25, 0.3) is 5.69 Å². The molecule has 1 saturated heterocycles. The highest BCUT2D eigenvalue weighted by Gasteiger charge is 2.23. The van der Waals surface area contributed by atoms with Gasteiger partial charge >= 0.3 is 0 Å². The van der Waals surface area contributed by atoms with Gasteiger partial charge in [-0.2, -0.15) is 9.78 Å². The Hall–Kier alpha value is -2.58. The summed E-state index contributed by atoms with van der Waals surface area (Å²) in [6.07, 6.45) is 1.60. The number of piperazine rings is 1. The van der Waals surface area contributed by atoms with E-state index in [9.17, 15) is 9.59 Å². The summed E-state index contributed by atoms with van der Waals surface area (Å²) in [6, 6.07) is 13.9. The number of halogens is 3. The summed E-state index contributed by atoms with van der Waals surface area (Å²) < 4.78 is 1.25. The van der Waals surface area contributed by atoms with Gasteiger partial charge in [-0.3, -0.25) is 14.5 Å². The Kier molecular flexibility index (Phi) is 7.01. The smallest absolute Gasteiger partial charge is 0.292 e. The average Bonchev–Trinajstić information content (AvgIpc) is 2.79. The SMILES string of the molecule is O=C(CN1CCN(c2cnn(-c3ccc(Cl)cc3)c(=O)c2Cl)CC1)Nc1ccccc1Cl. The summed E-state index contributed by atoms with van der Waals surface area (Å²) in [5.41, 5.74) is 1.37. The Labute approximate surface area is 200 Å². The number of hydrogen-bond acceptors (Lipinski definition) is 5. The highest BCUT2D eigenvalue weighted by atomic mass is 35.5. The third kappa shape index (κ3) is 5.07. The van der Waals surface area contributed by atoms with Crippen molar-refractivity contribution < 1.29 is 4.79 Å². The summed E-state index contributed by atoms with van der Waals surface area (Å²) >= 11 is 18.4. The van der Waals surface area contributed by atoms with E-state index in [1.165, 1.54) is 4.68 Å². The van der Waals surface area contributed by atoms with Crippen LogP contribution in [0.15, 0.2) is 59.5 Å². The number of para-hydroxylation sites is 1. The summed E-state index contributed by atoms with van der Waals surface area (Å²) in [6.45, 7) is 2.78. The van der Waals surface area contributed by atoms with E-state index in [0.717, 1.165) is 0 Å². The lowest BCUT2D eigenvalue weighted by Crippen LogP contribution is -2.49. The highest BCUT2D eigenvalue weighted by Crippen LogP contribution is 2.24. The van der Waals surface area contributed by atoms with Gasteiger partial charge in [-0.05, 0) is 36.4 Å². The van der Waals surface area contributed by atoms with E-state index in [1.807, 2.05) is 21.9 Å². The standard InChI is InChI=1S/C22H20Cl3N5O2/c23-15-5-7-16(8-6-15)30-22(32)21(25)19(13-26-30)29-11-9-28(10-12-29)14-20(31)27-18-4-2-1-3-17(18)24/h1-8,13H,9-12,14H2,(H,27,31). The molecule has 2 heterocycles. The van der Waals surface area contributed by atoms with Crippen LogP contribution in [0.3, 0.4) is 0 Å². The second-order valence-corrected chi connectivity index (χ2v) is 8.55. The van der Waals surface area contributed by atoms with Crippen molar-refractivity contribution in [2.45, 2.75) is 0 Å². The van der Waals surface area contributed by atoms with Crippen LogP contribution in [0.5, 0.6) is 0 Å². The maximum Gasteiger partial charge on any atom is 0.292 e. The number of hydrogen-bond donors (Lipinski definition) is 1. The van der Waals surface area contributed by atoms with Crippen LogP contribution >= 0.6 is 34.8 Å². The average molecular weight is 493 g/mol. The number of carbonyl (C=O) groups excluding carboxylic acids is 1. The van der Waals surface area contributed by atoms with Gasteiger partial charge in [0.25, 0.3) is 5.56 Å². The summed E-state index contributed by atoms with van der Waals surface area (Å²) in [4.78, 5) is 29.2. The predicted molar refractivity (Wildman–Crippen MR) is 129 cm³/mol. The molecule has 3 aromatic rings. The van der Waals surface area contributed by atoms with Crippen LogP contribution in [0.2, 0.25) is 15.1 Å². The van der Waals surface area contributed by atoms with E-state index in [0.29, 0.717) is 53.3 Å². The molecule has 10 heteroatoms. The van der Waals surface area contributed by atoms with Crippen molar-refractivity contribution in [3.8, 4) is 5.69 Å². The van der Waals surface area contributed by atoms with Crippen LogP contribution in [0.4, 0.5) is 11.4 Å². The summed E-state index contributed by atoms with van der Waals surface area (Å²) in [5, 5.41) is 8.30. The Morgan fingerprint density at radius 1 is 0.969 bits per heavy atom. The number of amides is 1. The number of anilines is 2. The van der Waals surface area contributed by atoms with Crippen molar-refractivity contribution in [1.29, 1.82) is 0 Å². The van der Waals surface area contributed by atoms with Crippen molar-refractivity contribution in [3.63, 3.8) is 0 Å². The van der Waals surface area contributed by atoms with Gasteiger partial charge in [0.15, 0.2) is 0 Å². The first kappa shape index (κ1) is 22.6. The molecule has 1 aliphatic heterocycles. The van der Waals surface area contributed by atoms with Crippen LogP contribution in [-0.2, 0) is 4.79 Å². The van der Waals surface area contributed by atoms with Crippen LogP contribution in [0.1, 0.15) is 0 Å². The minimum atomic E-state index is -0.395. The summed E-state index contributed by atoms with van der Waals surface area (Å²) in [7, 11) is 0. The number of carbonyl (C=O) groups is 1. The molecule has 1 aromatic heterocycles. The number of nitrogens with zero attached hydrogens (tertiary/aromatic N) is 4. The minimum Gasteiger partial charge on any atom is -0.366 e. The largest absolute Gasteiger partial charge is 0.366 e. The molecule has 32 heavy (non-hydrogen) atoms. The molecule has 0 spiro atoms. The molecule has 2 aromatic carbocycles. The van der Waals surface area contributed by atoms with Crippen LogP contribution in [0, 0.1) is 0 Å². The zero-order valence-electron chi connectivity index (χ0n) is 17.0. The fourth-order valence-corrected chi connectivity index (χ4v) is 4.07. The van der Waals surface area contributed by atoms with Gasteiger partial charge in [-0.1, -0.05) is 46.9 Å². The van der Waals surface area contributed by atoms with Gasteiger partial charge in [0.1, 0.15) is 5.02 Å². The van der Waals surface area contributed by atoms with E-state index in [2.05, 4.69) is 10.4 Å². The van der Waals surface area contributed by atoms with Crippen molar-refractivity contribution in [1.82, 2.24) is 14.7 Å². The van der Waals surface area contributed by atoms with Gasteiger partial charge in [0.2, 0.25) is 5.91 Å². The zero-order valence-corrected chi connectivity index (χ0v) is 19.2. The molecular weight excluding hydrogens is 473 g/mol. The first-order valence-electron chi connectivity index (χ1n) is 9.98. The van der Waals surface area contributed by atoms with Gasteiger partial charge < -0.3 is 10.2 Å². The quantitative estimate of drug-likeness (QED) is 0.584. The molecule has 0 atom stereocenters. The topological polar surface area (TPSA) is 70.5 Å². The second kappa shape index (κ2) is 9.92. The summed E-state index contributed by atoms with van der Waals surface area (Å²) in [5.74, 6) is -0.128. The van der Waals surface area contributed by atoms with E-state index >= 15 is 0 Å². The molecule has 166 valence electrons. The van der Waals surface area contributed by atoms with Crippen LogP contribution in [-0.4, -0.2) is 53.3 Å². The molecule has 7 nitrogen and oxygen atoms in total. The predicted octanol–water partition coefficient (Wildman–Crippen LogP) is 3.95. The molecule has 0 aliphatic carbocycles. The lowest BCUT2D eigenvalue weighted by molar-refractivity contribution is -0.117. The van der Waals surface area contributed by atoms with E-state index in [4.69, 9.17) is 34.8 Å². The molecule has 0 bridgehead atoms. The third-order valence-corrected chi connectivity index (χ3v) is 6.14. The van der Waals surface area contributed by atoms with Gasteiger partial charge in [-0.25, -0.2) is 0 Å². The van der Waals surface area contributed by atoms with E-state index in [-0.39, 0.29) is 17.5 Å².